The monoisotopic (exact) mass is 402 g/mol. The summed E-state index contributed by atoms with van der Waals surface area (Å²) in [5.74, 6) is -1.63. The van der Waals surface area contributed by atoms with Crippen molar-refractivity contribution in [1.29, 1.82) is 0 Å². The smallest absolute Gasteiger partial charge is 0.349 e. The zero-order chi connectivity index (χ0) is 20.5. The van der Waals surface area contributed by atoms with Crippen LogP contribution >= 0.6 is 0 Å². The van der Waals surface area contributed by atoms with E-state index in [-0.39, 0.29) is 5.56 Å². The summed E-state index contributed by atoms with van der Waals surface area (Å²) in [6.45, 7) is 0. The second kappa shape index (κ2) is 7.44. The molecule has 1 fully saturated rings. The van der Waals surface area contributed by atoms with E-state index in [4.69, 9.17) is 0 Å². The van der Waals surface area contributed by atoms with E-state index in [9.17, 15) is 31.1 Å². The number of nitrogens with one attached hydrogen (secondary N) is 1. The maximum atomic E-state index is 13.3. The fraction of sp³-hybridized carbons (Fsp3) is 0.368. The highest BCUT2D eigenvalue weighted by atomic mass is 19.4. The first-order chi connectivity index (χ1) is 13.1. The number of hydrogen-bond acceptors (Lipinski definition) is 2. The van der Waals surface area contributed by atoms with Gasteiger partial charge in [-0.05, 0) is 36.6 Å². The molecular weight excluding hydrogens is 386 g/mol. The van der Waals surface area contributed by atoms with Crippen molar-refractivity contribution in [2.75, 3.05) is 0 Å². The number of benzene rings is 1. The van der Waals surface area contributed by atoms with Crippen LogP contribution in [0.15, 0.2) is 42.6 Å². The highest BCUT2D eigenvalue weighted by Gasteiger charge is 2.40. The van der Waals surface area contributed by atoms with Crippen LogP contribution in [0.2, 0.25) is 0 Å². The molecule has 0 saturated heterocycles. The van der Waals surface area contributed by atoms with E-state index >= 15 is 0 Å². The topological polar surface area (TPSA) is 42.0 Å². The summed E-state index contributed by atoms with van der Waals surface area (Å²) in [6, 6.07) is 6.58. The molecule has 0 bridgehead atoms. The van der Waals surface area contributed by atoms with Gasteiger partial charge in [0.25, 0.3) is 5.91 Å². The van der Waals surface area contributed by atoms with Crippen LogP contribution in [0.5, 0.6) is 0 Å². The highest BCUT2D eigenvalue weighted by Crippen LogP contribution is 2.42. The van der Waals surface area contributed by atoms with Gasteiger partial charge in [-0.25, -0.2) is 0 Å². The Morgan fingerprint density at radius 1 is 0.964 bits per heavy atom. The van der Waals surface area contributed by atoms with Gasteiger partial charge in [0.1, 0.15) is 0 Å². The summed E-state index contributed by atoms with van der Waals surface area (Å²) < 4.78 is 79.2. The molecule has 3 nitrogen and oxygen atoms in total. The number of hydrogen-bond donors (Lipinski definition) is 1. The average Bonchev–Trinajstić information content (AvgIpc) is 3.08. The molecule has 150 valence electrons. The summed E-state index contributed by atoms with van der Waals surface area (Å²) >= 11 is 0. The molecule has 2 aromatic rings. The second-order valence-electron chi connectivity index (χ2n) is 6.60. The van der Waals surface area contributed by atoms with E-state index in [1.807, 2.05) is 0 Å². The Labute approximate surface area is 156 Å². The Kier molecular flexibility index (Phi) is 5.36. The summed E-state index contributed by atoms with van der Waals surface area (Å²) in [5.41, 5.74) is -2.72. The minimum absolute atomic E-state index is 0.0417. The lowest BCUT2D eigenvalue weighted by atomic mass is 9.89. The molecule has 1 amide bonds. The normalized spacial score (nSPS) is 20.2. The van der Waals surface area contributed by atoms with Crippen LogP contribution in [-0.2, 0) is 12.4 Å². The molecule has 3 rings (SSSR count). The van der Waals surface area contributed by atoms with Gasteiger partial charge < -0.3 is 5.32 Å². The fourth-order valence-corrected chi connectivity index (χ4v) is 3.64. The van der Waals surface area contributed by atoms with Crippen LogP contribution in [0.25, 0.3) is 0 Å². The van der Waals surface area contributed by atoms with Crippen molar-refractivity contribution in [3.63, 3.8) is 0 Å². The predicted octanol–water partition coefficient (Wildman–Crippen LogP) is 5.19. The number of carbonyl (C=O) groups is 1. The van der Waals surface area contributed by atoms with Crippen LogP contribution < -0.4 is 5.32 Å². The molecule has 1 saturated carbocycles. The third kappa shape index (κ3) is 4.13. The molecule has 0 aliphatic heterocycles. The zero-order valence-electron chi connectivity index (χ0n) is 14.4. The van der Waals surface area contributed by atoms with Crippen molar-refractivity contribution < 1.29 is 31.1 Å². The van der Waals surface area contributed by atoms with Crippen LogP contribution in [0.3, 0.4) is 0 Å². The Morgan fingerprint density at radius 2 is 1.68 bits per heavy atom. The van der Waals surface area contributed by atoms with Gasteiger partial charge in [-0.1, -0.05) is 24.6 Å². The molecule has 1 aromatic carbocycles. The first-order valence-corrected chi connectivity index (χ1v) is 8.58. The molecule has 1 heterocycles. The number of amides is 1. The van der Waals surface area contributed by atoms with Crippen LogP contribution in [0.4, 0.5) is 26.3 Å². The third-order valence-corrected chi connectivity index (χ3v) is 4.82. The van der Waals surface area contributed by atoms with E-state index in [0.29, 0.717) is 19.3 Å². The van der Waals surface area contributed by atoms with Gasteiger partial charge in [0.05, 0.1) is 11.1 Å². The van der Waals surface area contributed by atoms with Crippen molar-refractivity contribution in [1.82, 2.24) is 10.3 Å². The van der Waals surface area contributed by atoms with Gasteiger partial charge >= 0.3 is 12.4 Å². The van der Waals surface area contributed by atoms with Crippen molar-refractivity contribution >= 4 is 5.91 Å². The SMILES string of the molecule is O=C(NC1CCCC1c1ccccc1C(F)(F)F)c1cccnc1C(F)(F)F. The lowest BCUT2D eigenvalue weighted by Gasteiger charge is -2.25. The van der Waals surface area contributed by atoms with Gasteiger partial charge in [0.15, 0.2) is 5.69 Å². The van der Waals surface area contributed by atoms with E-state index < -0.39 is 47.0 Å². The number of aromatic nitrogens is 1. The Bertz CT molecular complexity index is 862. The molecule has 28 heavy (non-hydrogen) atoms. The molecule has 1 aromatic heterocycles. The standard InChI is InChI=1S/C19H16F6N2O/c20-18(21,22)14-8-2-1-5-11(14)12-6-3-9-15(12)27-17(28)13-7-4-10-26-16(13)19(23,24)25/h1-2,4-5,7-8,10,12,15H,3,6,9H2,(H,27,28). The highest BCUT2D eigenvalue weighted by molar-refractivity contribution is 5.95. The molecule has 0 spiro atoms. The molecule has 1 aliphatic carbocycles. The van der Waals surface area contributed by atoms with Crippen molar-refractivity contribution in [3.05, 3.63) is 65.0 Å². The van der Waals surface area contributed by atoms with E-state index in [2.05, 4.69) is 10.3 Å². The quantitative estimate of drug-likeness (QED) is 0.719. The number of pyridine rings is 1. The minimum atomic E-state index is -4.81. The number of nitrogens with zero attached hydrogens (tertiary/aromatic N) is 1. The van der Waals surface area contributed by atoms with Gasteiger partial charge in [0, 0.05) is 18.2 Å². The summed E-state index contributed by atoms with van der Waals surface area (Å²) in [5, 5.41) is 2.49. The lowest BCUT2D eigenvalue weighted by Crippen LogP contribution is -2.38. The molecule has 0 radical (unpaired) electrons. The zero-order valence-corrected chi connectivity index (χ0v) is 14.4. The number of carbonyl (C=O) groups excluding carboxylic acids is 1. The Balaban J connectivity index is 1.88. The maximum absolute atomic E-state index is 13.3. The first kappa shape index (κ1) is 20.2. The minimum Gasteiger partial charge on any atom is -0.349 e. The number of rotatable bonds is 3. The van der Waals surface area contributed by atoms with Gasteiger partial charge in [-0.3, -0.25) is 9.78 Å². The largest absolute Gasteiger partial charge is 0.434 e. The van der Waals surface area contributed by atoms with Crippen molar-refractivity contribution in [2.24, 2.45) is 0 Å². The third-order valence-electron chi connectivity index (χ3n) is 4.82. The predicted molar refractivity (Wildman–Crippen MR) is 88.5 cm³/mol. The number of halogens is 6. The lowest BCUT2D eigenvalue weighted by molar-refractivity contribution is -0.141. The Hall–Kier alpha value is -2.58. The summed E-state index contributed by atoms with van der Waals surface area (Å²) in [7, 11) is 0. The van der Waals surface area contributed by atoms with E-state index in [1.54, 1.807) is 0 Å². The summed E-state index contributed by atoms with van der Waals surface area (Å²) in [6.07, 6.45) is -7.10. The van der Waals surface area contributed by atoms with Gasteiger partial charge in [-0.2, -0.15) is 26.3 Å². The molecular formula is C19H16F6N2O. The average molecular weight is 402 g/mol. The first-order valence-electron chi connectivity index (χ1n) is 8.58. The molecule has 2 unspecified atom stereocenters. The molecule has 2 atom stereocenters. The summed E-state index contributed by atoms with van der Waals surface area (Å²) in [4.78, 5) is 15.7. The molecule has 9 heteroatoms. The number of alkyl halides is 6. The van der Waals surface area contributed by atoms with E-state index in [1.165, 1.54) is 24.3 Å². The van der Waals surface area contributed by atoms with Crippen molar-refractivity contribution in [2.45, 2.75) is 43.6 Å². The van der Waals surface area contributed by atoms with Crippen LogP contribution in [0, 0.1) is 0 Å². The van der Waals surface area contributed by atoms with Crippen LogP contribution in [0.1, 0.15) is 52.4 Å². The van der Waals surface area contributed by atoms with Gasteiger partial charge in [-0.15, -0.1) is 0 Å². The maximum Gasteiger partial charge on any atom is 0.434 e. The molecule has 1 N–H and O–H groups in total. The fourth-order valence-electron chi connectivity index (χ4n) is 3.64. The van der Waals surface area contributed by atoms with Gasteiger partial charge in [0.2, 0.25) is 0 Å². The van der Waals surface area contributed by atoms with Crippen LogP contribution in [-0.4, -0.2) is 16.9 Å². The van der Waals surface area contributed by atoms with Crippen molar-refractivity contribution in [3.8, 4) is 0 Å². The second-order valence-corrected chi connectivity index (χ2v) is 6.60. The molecule has 1 aliphatic rings. The van der Waals surface area contributed by atoms with E-state index in [0.717, 1.165) is 18.3 Å². The Morgan fingerprint density at radius 3 is 2.36 bits per heavy atom.